The molecule has 0 radical (unpaired) electrons. The van der Waals surface area contributed by atoms with Gasteiger partial charge in [-0.2, -0.15) is 0 Å². The molecule has 1 aliphatic heterocycles. The van der Waals surface area contributed by atoms with Crippen molar-refractivity contribution in [2.45, 2.75) is 282 Å². The number of amides is 4. The maximum absolute atomic E-state index is 13.5. The van der Waals surface area contributed by atoms with E-state index in [0.29, 0.717) is 12.8 Å². The number of nitrogens with one attached hydrogen (secondary N) is 3. The van der Waals surface area contributed by atoms with Crippen LogP contribution in [0.15, 0.2) is 0 Å². The van der Waals surface area contributed by atoms with Gasteiger partial charge in [-0.25, -0.2) is 4.79 Å². The molecule has 0 spiro atoms. The lowest BCUT2D eigenvalue weighted by Gasteiger charge is -2.43. The highest BCUT2D eigenvalue weighted by Crippen LogP contribution is 2.24. The van der Waals surface area contributed by atoms with Crippen molar-refractivity contribution < 1.29 is 72.6 Å². The maximum atomic E-state index is 13.5. The van der Waals surface area contributed by atoms with Crippen LogP contribution in [0.5, 0.6) is 0 Å². The molecule has 0 bridgehead atoms. The summed E-state index contributed by atoms with van der Waals surface area (Å²) in [5.74, 6) is -5.11. The summed E-state index contributed by atoms with van der Waals surface area (Å²) in [7, 11) is 0. The van der Waals surface area contributed by atoms with E-state index < -0.39 is 110 Å². The average Bonchev–Trinajstić information content (AvgIpc) is 3.35. The molecule has 0 aliphatic carbocycles. The number of rotatable bonds is 45. The van der Waals surface area contributed by atoms with Gasteiger partial charge in [-0.15, -0.1) is 0 Å². The number of aliphatic hydroxyl groups is 3. The second kappa shape index (κ2) is 42.3. The Morgan fingerprint density at radius 1 is 0.603 bits per heavy atom. The first-order valence-electron chi connectivity index (χ1n) is 28.0. The third-order valence-electron chi connectivity index (χ3n) is 13.1. The lowest BCUT2D eigenvalue weighted by atomic mass is 9.96. The molecule has 1 saturated heterocycles. The number of ether oxygens (including phenoxy) is 5. The number of aliphatic hydroxyl groups excluding tert-OH is 3. The van der Waals surface area contributed by atoms with Gasteiger partial charge in [0.15, 0.2) is 12.4 Å². The van der Waals surface area contributed by atoms with Crippen molar-refractivity contribution in [3.8, 4) is 0 Å². The van der Waals surface area contributed by atoms with Gasteiger partial charge in [-0.05, 0) is 33.1 Å². The molecule has 0 aromatic heterocycles. The van der Waals surface area contributed by atoms with Gasteiger partial charge in [0.25, 0.3) is 0 Å². The summed E-state index contributed by atoms with van der Waals surface area (Å²) < 4.78 is 27.6. The molecule has 0 saturated carbocycles. The van der Waals surface area contributed by atoms with Crippen LogP contribution >= 0.6 is 0 Å². The molecule has 0 aromatic rings. The molecule has 1 aliphatic rings. The zero-order valence-electron chi connectivity index (χ0n) is 45.3. The lowest BCUT2D eigenvalue weighted by Crippen LogP contribution is -2.65. The van der Waals surface area contributed by atoms with Crippen molar-refractivity contribution in [1.29, 1.82) is 0 Å². The zero-order valence-corrected chi connectivity index (χ0v) is 45.3. The number of hydrogen-bond acceptors (Lipinski definition) is 15. The minimum Gasteiger partial charge on any atom is -0.462 e. The van der Waals surface area contributed by atoms with Gasteiger partial charge in [-0.1, -0.05) is 168 Å². The van der Waals surface area contributed by atoms with E-state index in [4.69, 9.17) is 29.4 Å². The summed E-state index contributed by atoms with van der Waals surface area (Å²) >= 11 is 0. The molecular formula is C54H98N4O15. The van der Waals surface area contributed by atoms with Gasteiger partial charge in [0, 0.05) is 26.2 Å². The fourth-order valence-corrected chi connectivity index (χ4v) is 8.63. The largest absolute Gasteiger partial charge is 0.462 e. The molecule has 19 nitrogen and oxygen atoms in total. The standard InChI is InChI=1S/C54H98N4O15/c1-6-8-10-12-14-16-18-20-22-24-26-28-30-32-46(62)69-37-42(72-47(63)33-31-29-27-25-23-21-19-17-15-13-11-9-7-2)38-70-53(67)43(34-35-45(55)61)58-51(65)39(3)56-52(66)40(4)71-50-48(57-41(5)60)54(68)73-44(36-59)49(50)64/h39-40,42-44,48-50,54,59,64,68H,6-38H2,1-5H3,(H2,55,61)(H,56,66)(H,57,60)(H,58,65)/t39-,40?,42?,43+,44+,48+,49+,50+,54-/m0/s1. The highest BCUT2D eigenvalue weighted by Gasteiger charge is 2.47. The molecule has 2 unspecified atom stereocenters. The number of unbranched alkanes of at least 4 members (excludes halogenated alkanes) is 24. The number of hydrogen-bond donors (Lipinski definition) is 7. The summed E-state index contributed by atoms with van der Waals surface area (Å²) in [5.41, 5.74) is 5.37. The summed E-state index contributed by atoms with van der Waals surface area (Å²) in [6.45, 7) is 6.61. The van der Waals surface area contributed by atoms with E-state index in [0.717, 1.165) is 51.9 Å². The number of carbonyl (C=O) groups excluding carboxylic acids is 7. The van der Waals surface area contributed by atoms with Gasteiger partial charge >= 0.3 is 17.9 Å². The van der Waals surface area contributed by atoms with E-state index in [-0.39, 0.29) is 32.3 Å². The molecule has 8 N–H and O–H groups in total. The van der Waals surface area contributed by atoms with Gasteiger partial charge in [0.2, 0.25) is 23.6 Å². The third kappa shape index (κ3) is 32.9. The Balaban J connectivity index is 2.83. The summed E-state index contributed by atoms with van der Waals surface area (Å²) in [6.07, 6.45) is 21.2. The van der Waals surface area contributed by atoms with Crippen molar-refractivity contribution in [3.63, 3.8) is 0 Å². The van der Waals surface area contributed by atoms with Crippen molar-refractivity contribution in [2.24, 2.45) is 5.73 Å². The number of esters is 3. The molecule has 73 heavy (non-hydrogen) atoms. The molecule has 9 atom stereocenters. The number of nitrogens with two attached hydrogens (primary N) is 1. The molecule has 19 heteroatoms. The monoisotopic (exact) mass is 1040 g/mol. The van der Waals surface area contributed by atoms with Crippen LogP contribution in [-0.4, -0.2) is 132 Å². The highest BCUT2D eigenvalue weighted by atomic mass is 16.6. The van der Waals surface area contributed by atoms with Crippen LogP contribution in [0.2, 0.25) is 0 Å². The van der Waals surface area contributed by atoms with E-state index in [1.807, 2.05) is 0 Å². The van der Waals surface area contributed by atoms with Crippen molar-refractivity contribution in [1.82, 2.24) is 16.0 Å². The quantitative estimate of drug-likeness (QED) is 0.0193. The lowest BCUT2D eigenvalue weighted by molar-refractivity contribution is -0.266. The first-order valence-corrected chi connectivity index (χ1v) is 28.0. The first-order chi connectivity index (χ1) is 35.0. The first kappa shape index (κ1) is 67.1. The van der Waals surface area contributed by atoms with E-state index in [2.05, 4.69) is 29.8 Å². The van der Waals surface area contributed by atoms with Gasteiger partial charge < -0.3 is 60.7 Å². The fraction of sp³-hybridized carbons (Fsp3) is 0.870. The van der Waals surface area contributed by atoms with Crippen molar-refractivity contribution in [3.05, 3.63) is 0 Å². The van der Waals surface area contributed by atoms with Gasteiger partial charge in [-0.3, -0.25) is 28.8 Å². The summed E-state index contributed by atoms with van der Waals surface area (Å²) in [6, 6.07) is -4.07. The van der Waals surface area contributed by atoms with E-state index in [9.17, 15) is 48.9 Å². The van der Waals surface area contributed by atoms with Gasteiger partial charge in [0.1, 0.15) is 55.8 Å². The normalized spacial score (nSPS) is 19.2. The minimum absolute atomic E-state index is 0.121. The van der Waals surface area contributed by atoms with Crippen LogP contribution in [-0.2, 0) is 57.2 Å². The van der Waals surface area contributed by atoms with Crippen LogP contribution in [0, 0.1) is 0 Å². The third-order valence-corrected chi connectivity index (χ3v) is 13.1. The second-order valence-corrected chi connectivity index (χ2v) is 19.9. The number of carbonyl (C=O) groups is 7. The van der Waals surface area contributed by atoms with Crippen LogP contribution in [0.1, 0.15) is 227 Å². The summed E-state index contributed by atoms with van der Waals surface area (Å²) in [4.78, 5) is 89.5. The maximum Gasteiger partial charge on any atom is 0.328 e. The molecule has 0 aromatic carbocycles. The molecular weight excluding hydrogens is 945 g/mol. The predicted octanol–water partition coefficient (Wildman–Crippen LogP) is 6.55. The fourth-order valence-electron chi connectivity index (χ4n) is 8.63. The van der Waals surface area contributed by atoms with Crippen LogP contribution in [0.4, 0.5) is 0 Å². The van der Waals surface area contributed by atoms with Crippen molar-refractivity contribution in [2.75, 3.05) is 19.8 Å². The molecule has 1 heterocycles. The number of primary amides is 1. The smallest absolute Gasteiger partial charge is 0.328 e. The average molecular weight is 1040 g/mol. The Morgan fingerprint density at radius 2 is 1.05 bits per heavy atom. The molecule has 1 fully saturated rings. The Morgan fingerprint density at radius 3 is 1.51 bits per heavy atom. The Bertz CT molecular complexity index is 1540. The Kier molecular flexibility index (Phi) is 38.9. The Labute approximate surface area is 436 Å². The second-order valence-electron chi connectivity index (χ2n) is 19.9. The SMILES string of the molecule is CCCCCCCCCCCCCCCC(=O)OCC(COC(=O)[C@@H](CCC(N)=O)NC(=O)[C@H](C)NC(=O)C(C)O[C@H]1[C@H](O)[C@@H](CO)O[C@H](O)[C@@H]1NC(C)=O)OC(=O)CCCCCCCCCCCCCCC. The van der Waals surface area contributed by atoms with Crippen LogP contribution in [0.3, 0.4) is 0 Å². The van der Waals surface area contributed by atoms with Gasteiger partial charge in [0.05, 0.1) is 6.61 Å². The highest BCUT2D eigenvalue weighted by molar-refractivity contribution is 5.91. The zero-order chi connectivity index (χ0) is 54.2. The predicted molar refractivity (Wildman–Crippen MR) is 276 cm³/mol. The van der Waals surface area contributed by atoms with E-state index in [1.165, 1.54) is 123 Å². The van der Waals surface area contributed by atoms with E-state index in [1.54, 1.807) is 0 Å². The summed E-state index contributed by atoms with van der Waals surface area (Å²) in [5, 5.41) is 38.1. The van der Waals surface area contributed by atoms with E-state index >= 15 is 0 Å². The molecule has 1 rings (SSSR count). The molecule has 4 amide bonds. The van der Waals surface area contributed by atoms with Crippen LogP contribution in [0.25, 0.3) is 0 Å². The van der Waals surface area contributed by atoms with Crippen LogP contribution < -0.4 is 21.7 Å². The Hall–Kier alpha value is -3.91. The minimum atomic E-state index is -1.70. The molecule has 424 valence electrons. The van der Waals surface area contributed by atoms with Crippen molar-refractivity contribution >= 4 is 41.5 Å². The topological polar surface area (TPSA) is 288 Å².